The van der Waals surface area contributed by atoms with Gasteiger partial charge < -0.3 is 4.74 Å². The second-order valence-electron chi connectivity index (χ2n) is 2.57. The van der Waals surface area contributed by atoms with Gasteiger partial charge in [-0.15, -0.1) is 11.3 Å². The van der Waals surface area contributed by atoms with E-state index in [0.717, 1.165) is 0 Å². The Kier molecular flexibility index (Phi) is 3.90. The highest BCUT2D eigenvalue weighted by Gasteiger charge is 2.16. The van der Waals surface area contributed by atoms with E-state index in [1.54, 1.807) is 19.1 Å². The van der Waals surface area contributed by atoms with Gasteiger partial charge in [0.15, 0.2) is 0 Å². The first kappa shape index (κ1) is 10.7. The molecule has 1 rings (SSSR count). The van der Waals surface area contributed by atoms with Crippen molar-refractivity contribution in [3.8, 4) is 0 Å². The van der Waals surface area contributed by atoms with Crippen LogP contribution in [0.25, 0.3) is 0 Å². The van der Waals surface area contributed by atoms with E-state index in [2.05, 4.69) is 0 Å². The van der Waals surface area contributed by atoms with Crippen molar-refractivity contribution in [2.75, 3.05) is 6.61 Å². The van der Waals surface area contributed by atoms with Gasteiger partial charge >= 0.3 is 0 Å². The first-order valence-electron chi connectivity index (χ1n) is 4.06. The molecule has 1 atom stereocenters. The molecule has 0 radical (unpaired) electrons. The Morgan fingerprint density at radius 3 is 2.85 bits per heavy atom. The zero-order chi connectivity index (χ0) is 9.84. The number of ether oxygens (including phenoxy) is 1. The summed E-state index contributed by atoms with van der Waals surface area (Å²) >= 11 is 7.00. The van der Waals surface area contributed by atoms with Crippen LogP contribution in [0.4, 0.5) is 0 Å². The molecule has 1 aromatic heterocycles. The summed E-state index contributed by atoms with van der Waals surface area (Å²) < 4.78 is 5.81. The van der Waals surface area contributed by atoms with E-state index in [4.69, 9.17) is 16.3 Å². The summed E-state index contributed by atoms with van der Waals surface area (Å²) in [5, 5.41) is 0. The van der Waals surface area contributed by atoms with Crippen molar-refractivity contribution in [3.63, 3.8) is 0 Å². The van der Waals surface area contributed by atoms with Crippen LogP contribution in [0.15, 0.2) is 12.1 Å². The summed E-state index contributed by atoms with van der Waals surface area (Å²) in [5.41, 5.74) is 0. The van der Waals surface area contributed by atoms with Crippen molar-refractivity contribution in [1.82, 2.24) is 0 Å². The number of thiophene rings is 1. The van der Waals surface area contributed by atoms with Gasteiger partial charge in [-0.25, -0.2) is 0 Å². The van der Waals surface area contributed by atoms with E-state index in [9.17, 15) is 4.79 Å². The number of rotatable bonds is 4. The molecule has 0 spiro atoms. The Morgan fingerprint density at radius 2 is 2.38 bits per heavy atom. The lowest BCUT2D eigenvalue weighted by molar-refractivity contribution is 0.0524. The summed E-state index contributed by atoms with van der Waals surface area (Å²) in [6.07, 6.45) is -0.375. The lowest BCUT2D eigenvalue weighted by atomic mass is 10.2. The van der Waals surface area contributed by atoms with Gasteiger partial charge in [0, 0.05) is 6.61 Å². The maximum Gasteiger partial charge on any atom is 0.201 e. The van der Waals surface area contributed by atoms with Gasteiger partial charge in [-0.2, -0.15) is 0 Å². The van der Waals surface area contributed by atoms with E-state index < -0.39 is 0 Å². The van der Waals surface area contributed by atoms with Gasteiger partial charge in [-0.1, -0.05) is 11.6 Å². The molecule has 0 aromatic carbocycles. The first-order valence-corrected chi connectivity index (χ1v) is 5.25. The third-order valence-electron chi connectivity index (χ3n) is 1.60. The molecule has 0 aliphatic heterocycles. The normalized spacial score (nSPS) is 12.8. The largest absolute Gasteiger partial charge is 0.371 e. The van der Waals surface area contributed by atoms with Gasteiger partial charge in [-0.05, 0) is 26.0 Å². The van der Waals surface area contributed by atoms with Gasteiger partial charge in [0.2, 0.25) is 5.78 Å². The van der Waals surface area contributed by atoms with Gasteiger partial charge in [0.05, 0.1) is 9.21 Å². The number of halogens is 1. The molecule has 0 amide bonds. The van der Waals surface area contributed by atoms with Crippen molar-refractivity contribution >= 4 is 28.7 Å². The lowest BCUT2D eigenvalue weighted by Crippen LogP contribution is -2.19. The fourth-order valence-electron chi connectivity index (χ4n) is 0.973. The number of hydrogen-bond donors (Lipinski definition) is 0. The molecule has 0 saturated carbocycles. The van der Waals surface area contributed by atoms with E-state index in [1.165, 1.54) is 11.3 Å². The molecule has 0 bridgehead atoms. The third-order valence-corrected chi connectivity index (χ3v) is 2.85. The van der Waals surface area contributed by atoms with E-state index in [1.807, 2.05) is 6.92 Å². The standard InChI is InChI=1S/C9H11ClO2S/c1-3-12-6(2)9(11)7-4-5-8(10)13-7/h4-6H,3H2,1-2H3. The molecule has 1 unspecified atom stereocenters. The predicted octanol–water partition coefficient (Wildman–Crippen LogP) is 3.01. The SMILES string of the molecule is CCOC(C)C(=O)c1ccc(Cl)s1. The fraction of sp³-hybridized carbons (Fsp3) is 0.444. The van der Waals surface area contributed by atoms with Crippen molar-refractivity contribution in [2.45, 2.75) is 20.0 Å². The zero-order valence-electron chi connectivity index (χ0n) is 7.54. The van der Waals surface area contributed by atoms with E-state index in [0.29, 0.717) is 15.8 Å². The molecular weight excluding hydrogens is 208 g/mol. The maximum atomic E-state index is 11.6. The highest BCUT2D eigenvalue weighted by molar-refractivity contribution is 7.18. The molecule has 0 aliphatic rings. The summed E-state index contributed by atoms with van der Waals surface area (Å²) in [6, 6.07) is 3.45. The number of carbonyl (C=O) groups is 1. The highest BCUT2D eigenvalue weighted by atomic mass is 35.5. The minimum absolute atomic E-state index is 0.00116. The second kappa shape index (κ2) is 4.74. The smallest absolute Gasteiger partial charge is 0.201 e. The number of ketones is 1. The second-order valence-corrected chi connectivity index (χ2v) is 4.28. The molecule has 2 nitrogen and oxygen atoms in total. The topological polar surface area (TPSA) is 26.3 Å². The van der Waals surface area contributed by atoms with Gasteiger partial charge in [-0.3, -0.25) is 4.79 Å². The highest BCUT2D eigenvalue weighted by Crippen LogP contribution is 2.22. The van der Waals surface area contributed by atoms with Crippen LogP contribution in [-0.2, 0) is 4.74 Å². The van der Waals surface area contributed by atoms with Gasteiger partial charge in [0.25, 0.3) is 0 Å². The molecule has 72 valence electrons. The Balaban J connectivity index is 2.67. The van der Waals surface area contributed by atoms with Crippen LogP contribution in [-0.4, -0.2) is 18.5 Å². The number of hydrogen-bond acceptors (Lipinski definition) is 3. The minimum atomic E-state index is -0.375. The van der Waals surface area contributed by atoms with E-state index >= 15 is 0 Å². The van der Waals surface area contributed by atoms with Gasteiger partial charge in [0.1, 0.15) is 6.10 Å². The molecule has 0 saturated heterocycles. The molecule has 1 heterocycles. The van der Waals surface area contributed by atoms with Crippen molar-refractivity contribution in [3.05, 3.63) is 21.3 Å². The fourth-order valence-corrected chi connectivity index (χ4v) is 2.03. The van der Waals surface area contributed by atoms with Crippen LogP contribution >= 0.6 is 22.9 Å². The van der Waals surface area contributed by atoms with Crippen molar-refractivity contribution in [2.24, 2.45) is 0 Å². The summed E-state index contributed by atoms with van der Waals surface area (Å²) in [6.45, 7) is 4.16. The monoisotopic (exact) mass is 218 g/mol. The van der Waals surface area contributed by atoms with Crippen LogP contribution in [0.5, 0.6) is 0 Å². The Labute approximate surface area is 86.5 Å². The maximum absolute atomic E-state index is 11.6. The minimum Gasteiger partial charge on any atom is -0.371 e. The molecule has 0 fully saturated rings. The molecule has 0 N–H and O–H groups in total. The molecule has 4 heteroatoms. The number of carbonyl (C=O) groups excluding carboxylic acids is 1. The van der Waals surface area contributed by atoms with Crippen LogP contribution in [0.1, 0.15) is 23.5 Å². The van der Waals surface area contributed by atoms with Crippen molar-refractivity contribution in [1.29, 1.82) is 0 Å². The average Bonchev–Trinajstić information content (AvgIpc) is 2.51. The quantitative estimate of drug-likeness (QED) is 0.727. The Morgan fingerprint density at radius 1 is 1.69 bits per heavy atom. The third kappa shape index (κ3) is 2.79. The Hall–Kier alpha value is -0.380. The van der Waals surface area contributed by atoms with Crippen LogP contribution in [0, 0.1) is 0 Å². The lowest BCUT2D eigenvalue weighted by Gasteiger charge is -2.07. The molecule has 1 aromatic rings. The van der Waals surface area contributed by atoms with Crippen LogP contribution in [0.2, 0.25) is 4.34 Å². The van der Waals surface area contributed by atoms with Crippen LogP contribution in [0.3, 0.4) is 0 Å². The van der Waals surface area contributed by atoms with Crippen molar-refractivity contribution < 1.29 is 9.53 Å². The molecule has 13 heavy (non-hydrogen) atoms. The van der Waals surface area contributed by atoms with E-state index in [-0.39, 0.29) is 11.9 Å². The summed E-state index contributed by atoms with van der Waals surface area (Å²) in [4.78, 5) is 12.2. The predicted molar refractivity (Wildman–Crippen MR) is 54.7 cm³/mol. The summed E-state index contributed by atoms with van der Waals surface area (Å²) in [5.74, 6) is -0.00116. The Bertz CT molecular complexity index is 296. The first-order chi connectivity index (χ1) is 6.15. The molecular formula is C9H11ClO2S. The number of Topliss-reactive ketones (excluding diaryl/α,β-unsaturated/α-hetero) is 1. The average molecular weight is 219 g/mol. The van der Waals surface area contributed by atoms with Crippen LogP contribution < -0.4 is 0 Å². The summed E-state index contributed by atoms with van der Waals surface area (Å²) in [7, 11) is 0. The zero-order valence-corrected chi connectivity index (χ0v) is 9.11. The molecule has 0 aliphatic carbocycles.